The van der Waals surface area contributed by atoms with Gasteiger partial charge in [0.05, 0.1) is 12.2 Å². The lowest BCUT2D eigenvalue weighted by atomic mass is 10.2. The maximum atomic E-state index is 13.1. The normalized spacial score (nSPS) is 11.2. The number of alkyl halides is 2. The van der Waals surface area contributed by atoms with E-state index < -0.39 is 18.3 Å². The predicted molar refractivity (Wildman–Crippen MR) is 82.1 cm³/mol. The summed E-state index contributed by atoms with van der Waals surface area (Å²) in [5, 5.41) is 5.10. The topological polar surface area (TPSA) is 71.1 Å². The lowest BCUT2D eigenvalue weighted by molar-refractivity contribution is -0.146. The molecule has 0 aliphatic rings. The van der Waals surface area contributed by atoms with Crippen molar-refractivity contribution in [2.75, 3.05) is 6.54 Å². The van der Waals surface area contributed by atoms with Crippen molar-refractivity contribution in [3.8, 4) is 0 Å². The summed E-state index contributed by atoms with van der Waals surface area (Å²) in [6.45, 7) is 1.88. The molecule has 8 heteroatoms. The largest absolute Gasteiger partial charge is 0.347 e. The summed E-state index contributed by atoms with van der Waals surface area (Å²) in [5.41, 5.74) is 1.34. The molecule has 2 N–H and O–H groups in total. The fourth-order valence-corrected chi connectivity index (χ4v) is 1.77. The van der Waals surface area contributed by atoms with Gasteiger partial charge < -0.3 is 10.6 Å². The maximum Gasteiger partial charge on any atom is 0.324 e. The predicted octanol–water partition coefficient (Wildman–Crippen LogP) is 1.79. The standard InChI is InChI=1S/C13H16F2IN3O2/c1-2-13(14,15)12(21)19-6-9-3-4-18-10(5-9)7-17-8-11(16)20/h3-5,17H,2,6-8H2,1H3,(H,19,21). The van der Waals surface area contributed by atoms with E-state index in [0.717, 1.165) is 0 Å². The van der Waals surface area contributed by atoms with Gasteiger partial charge in [0.1, 0.15) is 0 Å². The van der Waals surface area contributed by atoms with Crippen molar-refractivity contribution < 1.29 is 18.4 Å². The first-order chi connectivity index (χ1) is 9.85. The Bertz CT molecular complexity index is 512. The van der Waals surface area contributed by atoms with Crippen molar-refractivity contribution in [3.05, 3.63) is 29.6 Å². The van der Waals surface area contributed by atoms with Gasteiger partial charge in [-0.15, -0.1) is 0 Å². The molecule has 0 bridgehead atoms. The van der Waals surface area contributed by atoms with Crippen LogP contribution in [0.4, 0.5) is 8.78 Å². The molecule has 1 heterocycles. The summed E-state index contributed by atoms with van der Waals surface area (Å²) < 4.78 is 26.2. The number of pyridine rings is 1. The monoisotopic (exact) mass is 411 g/mol. The van der Waals surface area contributed by atoms with Crippen molar-refractivity contribution >= 4 is 32.3 Å². The first-order valence-corrected chi connectivity index (χ1v) is 7.42. The number of halogens is 3. The van der Waals surface area contributed by atoms with Crippen LogP contribution in [0.1, 0.15) is 24.6 Å². The van der Waals surface area contributed by atoms with Gasteiger partial charge in [-0.2, -0.15) is 8.78 Å². The molecule has 1 aromatic heterocycles. The minimum Gasteiger partial charge on any atom is -0.347 e. The van der Waals surface area contributed by atoms with E-state index in [4.69, 9.17) is 0 Å². The van der Waals surface area contributed by atoms with Crippen LogP contribution in [0.25, 0.3) is 0 Å². The highest BCUT2D eigenvalue weighted by atomic mass is 127. The van der Waals surface area contributed by atoms with Gasteiger partial charge in [0.2, 0.25) is 3.79 Å². The third kappa shape index (κ3) is 6.42. The number of hydrogen-bond donors (Lipinski definition) is 2. The third-order valence-corrected chi connectivity index (χ3v) is 3.06. The van der Waals surface area contributed by atoms with Crippen LogP contribution < -0.4 is 10.6 Å². The molecule has 0 atom stereocenters. The summed E-state index contributed by atoms with van der Waals surface area (Å²) in [6.07, 6.45) is 0.997. The summed E-state index contributed by atoms with van der Waals surface area (Å²) in [7, 11) is 0. The molecule has 0 saturated carbocycles. The first kappa shape index (κ1) is 17.9. The number of rotatable bonds is 8. The molecule has 1 rings (SSSR count). The van der Waals surface area contributed by atoms with Crippen LogP contribution in [0.3, 0.4) is 0 Å². The number of carbonyl (C=O) groups is 2. The fourth-order valence-electron chi connectivity index (χ4n) is 1.50. The summed E-state index contributed by atoms with van der Waals surface area (Å²) in [4.78, 5) is 26.2. The Labute approximate surface area is 135 Å². The van der Waals surface area contributed by atoms with Gasteiger partial charge in [0.25, 0.3) is 5.91 Å². The number of aromatic nitrogens is 1. The van der Waals surface area contributed by atoms with E-state index in [1.54, 1.807) is 34.7 Å². The van der Waals surface area contributed by atoms with E-state index in [1.165, 1.54) is 13.1 Å². The van der Waals surface area contributed by atoms with Gasteiger partial charge in [-0.25, -0.2) is 0 Å². The van der Waals surface area contributed by atoms with Crippen molar-refractivity contribution in [3.63, 3.8) is 0 Å². The van der Waals surface area contributed by atoms with Gasteiger partial charge in [-0.1, -0.05) is 6.92 Å². The fraction of sp³-hybridized carbons (Fsp3) is 0.462. The summed E-state index contributed by atoms with van der Waals surface area (Å²) in [5.74, 6) is -4.63. The number of carbonyl (C=O) groups excluding carboxylic acids is 2. The summed E-state index contributed by atoms with van der Waals surface area (Å²) in [6, 6.07) is 3.33. The van der Waals surface area contributed by atoms with Crippen molar-refractivity contribution in [2.24, 2.45) is 0 Å². The van der Waals surface area contributed by atoms with Gasteiger partial charge in [-0.3, -0.25) is 14.6 Å². The minimum atomic E-state index is -3.35. The molecular formula is C13H16F2IN3O2. The molecule has 0 spiro atoms. The summed E-state index contributed by atoms with van der Waals surface area (Å²) >= 11 is 1.68. The molecule has 1 aromatic rings. The van der Waals surface area contributed by atoms with E-state index in [9.17, 15) is 18.4 Å². The lowest BCUT2D eigenvalue weighted by Crippen LogP contribution is -2.39. The average Bonchev–Trinajstić information content (AvgIpc) is 2.44. The average molecular weight is 411 g/mol. The molecule has 1 amide bonds. The highest BCUT2D eigenvalue weighted by Crippen LogP contribution is 2.17. The molecule has 0 unspecified atom stereocenters. The van der Waals surface area contributed by atoms with E-state index in [0.29, 0.717) is 17.8 Å². The van der Waals surface area contributed by atoms with Crippen LogP contribution in [0.2, 0.25) is 0 Å². The van der Waals surface area contributed by atoms with Crippen LogP contribution >= 0.6 is 22.6 Å². The smallest absolute Gasteiger partial charge is 0.324 e. The van der Waals surface area contributed by atoms with Crippen LogP contribution in [-0.2, 0) is 22.7 Å². The zero-order valence-corrected chi connectivity index (χ0v) is 13.6. The SMILES string of the molecule is CCC(F)(F)C(=O)NCc1ccnc(CNCC(=O)I)c1. The maximum absolute atomic E-state index is 13.1. The molecule has 5 nitrogen and oxygen atoms in total. The quantitative estimate of drug-likeness (QED) is 0.506. The number of hydrogen-bond acceptors (Lipinski definition) is 4. The molecule has 116 valence electrons. The van der Waals surface area contributed by atoms with Gasteiger partial charge >= 0.3 is 5.92 Å². The molecular weight excluding hydrogens is 395 g/mol. The molecule has 0 fully saturated rings. The molecule has 0 radical (unpaired) electrons. The van der Waals surface area contributed by atoms with Crippen molar-refractivity contribution in [1.82, 2.24) is 15.6 Å². The van der Waals surface area contributed by atoms with Crippen LogP contribution in [0.5, 0.6) is 0 Å². The second kappa shape index (κ2) is 8.32. The highest BCUT2D eigenvalue weighted by Gasteiger charge is 2.35. The Balaban J connectivity index is 2.53. The van der Waals surface area contributed by atoms with E-state index in [2.05, 4.69) is 15.6 Å². The number of nitrogens with one attached hydrogen (secondary N) is 2. The molecule has 0 saturated heterocycles. The van der Waals surface area contributed by atoms with E-state index in [1.807, 2.05) is 0 Å². The van der Waals surface area contributed by atoms with E-state index in [-0.39, 0.29) is 16.9 Å². The Morgan fingerprint density at radius 3 is 2.71 bits per heavy atom. The lowest BCUT2D eigenvalue weighted by Gasteiger charge is -2.14. The van der Waals surface area contributed by atoms with Crippen LogP contribution in [0.15, 0.2) is 18.3 Å². The van der Waals surface area contributed by atoms with Crippen molar-refractivity contribution in [1.29, 1.82) is 0 Å². The second-order valence-electron chi connectivity index (χ2n) is 4.35. The second-order valence-corrected chi connectivity index (χ2v) is 5.56. The van der Waals surface area contributed by atoms with Crippen LogP contribution in [-0.4, -0.2) is 27.1 Å². The van der Waals surface area contributed by atoms with Crippen LogP contribution in [0, 0.1) is 0 Å². The van der Waals surface area contributed by atoms with Gasteiger partial charge in [0.15, 0.2) is 0 Å². The zero-order chi connectivity index (χ0) is 15.9. The molecule has 21 heavy (non-hydrogen) atoms. The Kier molecular flexibility index (Phi) is 7.09. The van der Waals surface area contributed by atoms with Crippen molar-refractivity contribution in [2.45, 2.75) is 32.4 Å². The zero-order valence-electron chi connectivity index (χ0n) is 11.5. The number of amides is 1. The van der Waals surface area contributed by atoms with E-state index >= 15 is 0 Å². The highest BCUT2D eigenvalue weighted by molar-refractivity contribution is 14.1. The molecule has 0 aromatic carbocycles. The minimum absolute atomic E-state index is 0.00909. The molecule has 0 aliphatic heterocycles. The number of nitrogens with zero attached hydrogens (tertiary/aromatic N) is 1. The molecule has 0 aliphatic carbocycles. The Morgan fingerprint density at radius 2 is 2.10 bits per heavy atom. The van der Waals surface area contributed by atoms with Gasteiger partial charge in [-0.05, 0) is 17.7 Å². The Morgan fingerprint density at radius 1 is 1.38 bits per heavy atom. The van der Waals surface area contributed by atoms with Gasteiger partial charge in [0, 0.05) is 48.3 Å². The Hall–Kier alpha value is -1.16. The third-order valence-electron chi connectivity index (χ3n) is 2.68. The first-order valence-electron chi connectivity index (χ1n) is 6.34.